The summed E-state index contributed by atoms with van der Waals surface area (Å²) in [6.45, 7) is 2.70. The van der Waals surface area contributed by atoms with Gasteiger partial charge in [-0.05, 0) is 19.4 Å². The highest BCUT2D eigenvalue weighted by Gasteiger charge is 2.66. The highest BCUT2D eigenvalue weighted by Crippen LogP contribution is 2.43. The molecule has 94 valence electrons. The van der Waals surface area contributed by atoms with Gasteiger partial charge in [0.2, 0.25) is 5.60 Å². The van der Waals surface area contributed by atoms with Crippen molar-refractivity contribution in [1.29, 1.82) is 0 Å². The highest BCUT2D eigenvalue weighted by molar-refractivity contribution is 5.84. The van der Waals surface area contributed by atoms with Crippen molar-refractivity contribution in [2.45, 2.75) is 37.4 Å². The lowest BCUT2D eigenvalue weighted by atomic mass is 9.97. The van der Waals surface area contributed by atoms with Gasteiger partial charge in [-0.25, -0.2) is 4.79 Å². The van der Waals surface area contributed by atoms with Crippen LogP contribution in [0.3, 0.4) is 0 Å². The van der Waals surface area contributed by atoms with Crippen LogP contribution in [0.2, 0.25) is 0 Å². The normalized spacial score (nSPS) is 38.4. The van der Waals surface area contributed by atoms with E-state index in [9.17, 15) is 9.90 Å². The molecule has 8 nitrogen and oxygen atoms in total. The average Bonchev–Trinajstić information content (AvgIpc) is 2.68. The molecule has 2 rings (SSSR count). The van der Waals surface area contributed by atoms with E-state index in [1.807, 2.05) is 0 Å². The second-order valence-electron chi connectivity index (χ2n) is 4.45. The minimum Gasteiger partial charge on any atom is -0.457 e. The summed E-state index contributed by atoms with van der Waals surface area (Å²) in [6.07, 6.45) is -1.49. The first kappa shape index (κ1) is 12.1. The molecule has 8 heteroatoms. The molecular weight excluding hydrogens is 230 g/mol. The Balaban J connectivity index is 2.28. The quantitative estimate of drug-likeness (QED) is 0.327. The van der Waals surface area contributed by atoms with E-state index in [1.165, 1.54) is 0 Å². The molecule has 2 heterocycles. The van der Waals surface area contributed by atoms with Crippen molar-refractivity contribution < 1.29 is 24.1 Å². The Morgan fingerprint density at radius 2 is 2.29 bits per heavy atom. The lowest BCUT2D eigenvalue weighted by Crippen LogP contribution is -2.48. The summed E-state index contributed by atoms with van der Waals surface area (Å²) in [6, 6.07) is 0. The molecule has 0 spiro atoms. The number of carbonyl (C=O) groups is 1. The topological polar surface area (TPSA) is 114 Å². The van der Waals surface area contributed by atoms with Gasteiger partial charge in [-0.15, -0.1) is 0 Å². The predicted octanol–water partition coefficient (Wildman–Crippen LogP) is 0.105. The molecule has 0 aromatic heterocycles. The first-order chi connectivity index (χ1) is 7.95. The number of esters is 1. The molecule has 1 N–H and O–H groups in total. The molecule has 0 unspecified atom stereocenters. The van der Waals surface area contributed by atoms with Crippen LogP contribution in [0.5, 0.6) is 0 Å². The maximum atomic E-state index is 11.7. The molecule has 0 bridgehead atoms. The molecular formula is C9H13N3O5. The number of nitrogens with zero attached hydrogens (tertiary/aromatic N) is 3. The van der Waals surface area contributed by atoms with Crippen LogP contribution in [0.1, 0.15) is 13.8 Å². The number of aliphatic hydroxyl groups excluding tert-OH is 1. The number of cyclic esters (lactones) is 1. The summed E-state index contributed by atoms with van der Waals surface area (Å²) >= 11 is 0. The van der Waals surface area contributed by atoms with E-state index in [1.54, 1.807) is 13.8 Å². The summed E-state index contributed by atoms with van der Waals surface area (Å²) in [5.74, 6) is -1.67. The summed E-state index contributed by atoms with van der Waals surface area (Å²) in [5, 5.41) is 12.7. The van der Waals surface area contributed by atoms with Crippen LogP contribution in [0.25, 0.3) is 10.4 Å². The maximum absolute atomic E-state index is 11.7. The monoisotopic (exact) mass is 243 g/mol. The van der Waals surface area contributed by atoms with Gasteiger partial charge in [-0.2, -0.15) is 0 Å². The number of ether oxygens (including phenoxy) is 3. The Labute approximate surface area is 97.1 Å². The molecule has 0 aromatic rings. The van der Waals surface area contributed by atoms with Crippen LogP contribution < -0.4 is 0 Å². The first-order valence-corrected chi connectivity index (χ1v) is 5.16. The largest absolute Gasteiger partial charge is 0.457 e. The van der Waals surface area contributed by atoms with Crippen LogP contribution in [0, 0.1) is 0 Å². The van der Waals surface area contributed by atoms with Gasteiger partial charge in [-0.1, -0.05) is 5.11 Å². The molecule has 2 fully saturated rings. The van der Waals surface area contributed by atoms with Gasteiger partial charge in [0.15, 0.2) is 5.79 Å². The van der Waals surface area contributed by atoms with E-state index >= 15 is 0 Å². The fourth-order valence-electron chi connectivity index (χ4n) is 2.19. The van der Waals surface area contributed by atoms with Gasteiger partial charge in [-0.3, -0.25) is 0 Å². The van der Waals surface area contributed by atoms with E-state index in [0.717, 1.165) is 0 Å². The van der Waals surface area contributed by atoms with Crippen molar-refractivity contribution in [2.75, 3.05) is 13.2 Å². The zero-order chi connectivity index (χ0) is 12.7. The molecule has 0 aromatic carbocycles. The fourth-order valence-corrected chi connectivity index (χ4v) is 2.19. The van der Waals surface area contributed by atoms with E-state index in [4.69, 9.17) is 19.7 Å². The Bertz CT molecular complexity index is 392. The average molecular weight is 243 g/mol. The second kappa shape index (κ2) is 3.85. The van der Waals surface area contributed by atoms with Gasteiger partial charge >= 0.3 is 5.97 Å². The van der Waals surface area contributed by atoms with E-state index in [0.29, 0.717) is 0 Å². The first-order valence-electron chi connectivity index (χ1n) is 5.16. The summed E-state index contributed by atoms with van der Waals surface area (Å²) in [4.78, 5) is 14.3. The molecule has 0 radical (unpaired) electrons. The fraction of sp³-hybridized carbons (Fsp3) is 0.889. The summed E-state index contributed by atoms with van der Waals surface area (Å²) in [7, 11) is 0. The molecule has 2 aliphatic heterocycles. The SMILES string of the molecule is CC1(C)O[C@@H]2[C@H](CN=[N+]=[N-])OC(=O)[C@]2(CO)O1. The lowest BCUT2D eigenvalue weighted by molar-refractivity contribution is -0.202. The Morgan fingerprint density at radius 1 is 1.59 bits per heavy atom. The Hall–Kier alpha value is -1.34. The van der Waals surface area contributed by atoms with Crippen molar-refractivity contribution in [3.05, 3.63) is 10.4 Å². The van der Waals surface area contributed by atoms with Crippen LogP contribution in [0.4, 0.5) is 0 Å². The van der Waals surface area contributed by atoms with Crippen molar-refractivity contribution in [1.82, 2.24) is 0 Å². The summed E-state index contributed by atoms with van der Waals surface area (Å²) in [5.41, 5.74) is 6.75. The van der Waals surface area contributed by atoms with Crippen molar-refractivity contribution >= 4 is 5.97 Å². The zero-order valence-electron chi connectivity index (χ0n) is 9.49. The van der Waals surface area contributed by atoms with Gasteiger partial charge in [0.25, 0.3) is 0 Å². The number of fused-ring (bicyclic) bond motifs is 1. The third kappa shape index (κ3) is 1.75. The lowest BCUT2D eigenvalue weighted by Gasteiger charge is -2.22. The van der Waals surface area contributed by atoms with Crippen LogP contribution in [-0.4, -0.2) is 47.8 Å². The molecule has 2 saturated heterocycles. The third-order valence-electron chi connectivity index (χ3n) is 2.80. The zero-order valence-corrected chi connectivity index (χ0v) is 9.49. The molecule has 3 atom stereocenters. The number of carbonyl (C=O) groups excluding carboxylic acids is 1. The van der Waals surface area contributed by atoms with Crippen LogP contribution >= 0.6 is 0 Å². The number of aliphatic hydroxyl groups is 1. The number of rotatable bonds is 3. The Kier molecular flexibility index (Phi) is 2.75. The third-order valence-corrected chi connectivity index (χ3v) is 2.80. The number of hydrogen-bond donors (Lipinski definition) is 1. The second-order valence-corrected chi connectivity index (χ2v) is 4.45. The molecule has 17 heavy (non-hydrogen) atoms. The summed E-state index contributed by atoms with van der Waals surface area (Å²) < 4.78 is 16.0. The van der Waals surface area contributed by atoms with Gasteiger partial charge < -0.3 is 19.3 Å². The van der Waals surface area contributed by atoms with Crippen molar-refractivity contribution in [3.63, 3.8) is 0 Å². The standard InChI is InChI=1S/C9H13N3O5/c1-8(2)16-6-5(3-11-12-10)15-7(14)9(6,4-13)17-8/h5-6,13H,3-4H2,1-2H3/t5-,6+,9+/m0/s1. The highest BCUT2D eigenvalue weighted by atomic mass is 16.8. The minimum atomic E-state index is -1.50. The molecule has 0 aliphatic carbocycles. The van der Waals surface area contributed by atoms with E-state index in [-0.39, 0.29) is 6.54 Å². The number of azide groups is 1. The molecule has 0 amide bonds. The van der Waals surface area contributed by atoms with Crippen LogP contribution in [0.15, 0.2) is 5.11 Å². The van der Waals surface area contributed by atoms with Crippen LogP contribution in [-0.2, 0) is 19.0 Å². The smallest absolute Gasteiger partial charge is 0.344 e. The van der Waals surface area contributed by atoms with Crippen molar-refractivity contribution in [3.8, 4) is 0 Å². The number of hydrogen-bond acceptors (Lipinski definition) is 6. The van der Waals surface area contributed by atoms with Gasteiger partial charge in [0, 0.05) is 4.91 Å². The van der Waals surface area contributed by atoms with Gasteiger partial charge in [0.1, 0.15) is 12.2 Å². The maximum Gasteiger partial charge on any atom is 0.344 e. The van der Waals surface area contributed by atoms with E-state index in [2.05, 4.69) is 10.0 Å². The van der Waals surface area contributed by atoms with E-state index < -0.39 is 36.2 Å². The molecule has 0 saturated carbocycles. The van der Waals surface area contributed by atoms with Crippen molar-refractivity contribution in [2.24, 2.45) is 5.11 Å². The minimum absolute atomic E-state index is 0.0475. The predicted molar refractivity (Wildman–Crippen MR) is 53.7 cm³/mol. The Morgan fingerprint density at radius 3 is 2.88 bits per heavy atom. The van der Waals surface area contributed by atoms with Gasteiger partial charge in [0.05, 0.1) is 13.2 Å². The molecule has 2 aliphatic rings.